The predicted octanol–water partition coefficient (Wildman–Crippen LogP) is 3.07. The van der Waals surface area contributed by atoms with Gasteiger partial charge in [-0.2, -0.15) is 10.2 Å². The van der Waals surface area contributed by atoms with Gasteiger partial charge in [0, 0.05) is 50.2 Å². The molecule has 0 saturated carbocycles. The van der Waals surface area contributed by atoms with Crippen LogP contribution in [-0.4, -0.2) is 49.5 Å². The summed E-state index contributed by atoms with van der Waals surface area (Å²) in [6.45, 7) is 6.35. The number of carbonyl (C=O) groups excluding carboxylic acids is 1. The van der Waals surface area contributed by atoms with Crippen LogP contribution < -0.4 is 5.32 Å². The molecule has 0 spiro atoms. The third kappa shape index (κ3) is 4.69. The number of carbonyl (C=O) groups is 1. The van der Waals surface area contributed by atoms with Gasteiger partial charge in [-0.3, -0.25) is 19.1 Å². The second-order valence-corrected chi connectivity index (χ2v) is 8.28. The molecule has 1 aliphatic heterocycles. The van der Waals surface area contributed by atoms with E-state index in [1.807, 2.05) is 43.8 Å². The highest BCUT2D eigenvalue weighted by Gasteiger charge is 2.25. The number of aromatic nitrogens is 4. The average Bonchev–Trinajstić information content (AvgIpc) is 3.34. The Morgan fingerprint density at radius 3 is 2.68 bits per heavy atom. The molecule has 31 heavy (non-hydrogen) atoms. The van der Waals surface area contributed by atoms with E-state index in [2.05, 4.69) is 20.4 Å². The molecule has 1 aromatic carbocycles. The van der Waals surface area contributed by atoms with Gasteiger partial charge in [0.25, 0.3) is 0 Å². The molecule has 3 heterocycles. The summed E-state index contributed by atoms with van der Waals surface area (Å²) in [7, 11) is 1.89. The third-order valence-electron chi connectivity index (χ3n) is 6.06. The van der Waals surface area contributed by atoms with E-state index in [9.17, 15) is 9.18 Å². The minimum absolute atomic E-state index is 0.00594. The van der Waals surface area contributed by atoms with Gasteiger partial charge in [0.15, 0.2) is 0 Å². The highest BCUT2D eigenvalue weighted by molar-refractivity contribution is 5.80. The van der Waals surface area contributed by atoms with Crippen LogP contribution in [0.15, 0.2) is 42.6 Å². The number of nitrogens with zero attached hydrogens (tertiary/aromatic N) is 5. The number of aryl methyl sites for hydroxylation is 2. The van der Waals surface area contributed by atoms with Gasteiger partial charge in [-0.25, -0.2) is 4.39 Å². The molecule has 4 rings (SSSR count). The van der Waals surface area contributed by atoms with Crippen molar-refractivity contribution in [3.63, 3.8) is 0 Å². The number of hydrogen-bond acceptors (Lipinski definition) is 4. The Labute approximate surface area is 181 Å². The van der Waals surface area contributed by atoms with Crippen LogP contribution in [0.5, 0.6) is 0 Å². The quantitative estimate of drug-likeness (QED) is 0.660. The second kappa shape index (κ2) is 9.01. The summed E-state index contributed by atoms with van der Waals surface area (Å²) in [6, 6.07) is 10.4. The van der Waals surface area contributed by atoms with Gasteiger partial charge >= 0.3 is 0 Å². The fourth-order valence-electron chi connectivity index (χ4n) is 4.14. The summed E-state index contributed by atoms with van der Waals surface area (Å²) in [4.78, 5) is 15.0. The zero-order chi connectivity index (χ0) is 22.0. The summed E-state index contributed by atoms with van der Waals surface area (Å²) in [6.07, 6.45) is 3.51. The maximum absolute atomic E-state index is 14.1. The first-order valence-corrected chi connectivity index (χ1v) is 10.7. The fourth-order valence-corrected chi connectivity index (χ4v) is 4.14. The molecule has 3 aromatic rings. The minimum atomic E-state index is -0.320. The van der Waals surface area contributed by atoms with Gasteiger partial charge in [0.05, 0.1) is 11.4 Å². The Bertz CT molecular complexity index is 1050. The Morgan fingerprint density at radius 1 is 1.26 bits per heavy atom. The normalized spacial score (nSPS) is 16.4. The Morgan fingerprint density at radius 2 is 2.00 bits per heavy atom. The molecule has 1 fully saturated rings. The predicted molar refractivity (Wildman–Crippen MR) is 117 cm³/mol. The van der Waals surface area contributed by atoms with Crippen LogP contribution in [0.1, 0.15) is 37.2 Å². The zero-order valence-corrected chi connectivity index (χ0v) is 18.3. The third-order valence-corrected chi connectivity index (χ3v) is 6.06. The molecule has 2 aromatic heterocycles. The molecular weight excluding hydrogens is 395 g/mol. The van der Waals surface area contributed by atoms with Crippen LogP contribution in [0.3, 0.4) is 0 Å². The van der Waals surface area contributed by atoms with Crippen LogP contribution in [-0.2, 0) is 18.4 Å². The molecule has 1 aliphatic rings. The first-order chi connectivity index (χ1) is 14.9. The molecule has 1 N–H and O–H groups in total. The number of amides is 1. The number of rotatable bonds is 6. The second-order valence-electron chi connectivity index (χ2n) is 8.28. The highest BCUT2D eigenvalue weighted by atomic mass is 19.1. The molecule has 0 bridgehead atoms. The number of benzene rings is 1. The standard InChI is InChI=1S/C23H29FN6O/c1-16-8-11-25-30(16)17(2)23(31)26-18-9-12-29(13-10-18)15-19-14-22(27-28(19)3)20-6-4-5-7-21(20)24/h4-8,11,14,17-18H,9-10,12-13,15H2,1-3H3,(H,26,31)/t17-/m0/s1. The fraction of sp³-hybridized carbons (Fsp3) is 0.435. The maximum Gasteiger partial charge on any atom is 0.244 e. The number of halogens is 1. The van der Waals surface area contributed by atoms with Crippen molar-refractivity contribution < 1.29 is 9.18 Å². The van der Waals surface area contributed by atoms with Crippen LogP contribution in [0.25, 0.3) is 11.3 Å². The smallest absolute Gasteiger partial charge is 0.244 e. The van der Waals surface area contributed by atoms with Crippen molar-refractivity contribution in [3.8, 4) is 11.3 Å². The molecule has 7 nitrogen and oxygen atoms in total. The molecule has 0 aliphatic carbocycles. The topological polar surface area (TPSA) is 68.0 Å². The lowest BCUT2D eigenvalue weighted by Crippen LogP contribution is -2.46. The van der Waals surface area contributed by atoms with Crippen LogP contribution in [0.4, 0.5) is 4.39 Å². The van der Waals surface area contributed by atoms with Crippen LogP contribution in [0.2, 0.25) is 0 Å². The lowest BCUT2D eigenvalue weighted by atomic mass is 10.0. The minimum Gasteiger partial charge on any atom is -0.351 e. The van der Waals surface area contributed by atoms with Crippen molar-refractivity contribution in [2.75, 3.05) is 13.1 Å². The molecular formula is C23H29FN6O. The van der Waals surface area contributed by atoms with E-state index >= 15 is 0 Å². The molecule has 1 atom stereocenters. The number of hydrogen-bond donors (Lipinski definition) is 1. The van der Waals surface area contributed by atoms with E-state index in [0.29, 0.717) is 11.3 Å². The molecule has 1 amide bonds. The largest absolute Gasteiger partial charge is 0.351 e. The Balaban J connectivity index is 1.31. The van der Waals surface area contributed by atoms with Crippen molar-refractivity contribution >= 4 is 5.91 Å². The van der Waals surface area contributed by atoms with E-state index in [1.165, 1.54) is 6.07 Å². The Hall–Kier alpha value is -3.00. The first kappa shape index (κ1) is 21.2. The number of piperidine rings is 1. The number of likely N-dealkylation sites (tertiary alicyclic amines) is 1. The van der Waals surface area contributed by atoms with Crippen molar-refractivity contribution in [1.29, 1.82) is 0 Å². The van der Waals surface area contributed by atoms with E-state index < -0.39 is 0 Å². The summed E-state index contributed by atoms with van der Waals surface area (Å²) in [5.74, 6) is -0.255. The monoisotopic (exact) mass is 424 g/mol. The first-order valence-electron chi connectivity index (χ1n) is 10.7. The van der Waals surface area contributed by atoms with Crippen molar-refractivity contribution in [3.05, 3.63) is 59.8 Å². The van der Waals surface area contributed by atoms with Gasteiger partial charge in [-0.05, 0) is 51.0 Å². The van der Waals surface area contributed by atoms with E-state index in [1.54, 1.807) is 23.0 Å². The average molecular weight is 425 g/mol. The lowest BCUT2D eigenvalue weighted by molar-refractivity contribution is -0.125. The highest BCUT2D eigenvalue weighted by Crippen LogP contribution is 2.23. The van der Waals surface area contributed by atoms with E-state index in [-0.39, 0.29) is 23.8 Å². The number of nitrogens with one attached hydrogen (secondary N) is 1. The van der Waals surface area contributed by atoms with Gasteiger partial charge in [0.1, 0.15) is 11.9 Å². The van der Waals surface area contributed by atoms with Gasteiger partial charge in [-0.1, -0.05) is 12.1 Å². The van der Waals surface area contributed by atoms with E-state index in [0.717, 1.165) is 43.9 Å². The maximum atomic E-state index is 14.1. The summed E-state index contributed by atoms with van der Waals surface area (Å²) in [5, 5.41) is 11.9. The van der Waals surface area contributed by atoms with Crippen LogP contribution in [0, 0.1) is 12.7 Å². The van der Waals surface area contributed by atoms with Gasteiger partial charge < -0.3 is 5.32 Å². The SMILES string of the molecule is Cc1ccnn1[C@@H](C)C(=O)NC1CCN(Cc2cc(-c3ccccc3F)nn2C)CC1. The zero-order valence-electron chi connectivity index (χ0n) is 18.3. The molecule has 0 radical (unpaired) electrons. The van der Waals surface area contributed by atoms with Gasteiger partial charge in [0.2, 0.25) is 5.91 Å². The summed E-state index contributed by atoms with van der Waals surface area (Å²) < 4.78 is 17.7. The summed E-state index contributed by atoms with van der Waals surface area (Å²) in [5.41, 5.74) is 3.19. The molecule has 8 heteroatoms. The van der Waals surface area contributed by atoms with Crippen LogP contribution >= 0.6 is 0 Å². The molecule has 1 saturated heterocycles. The van der Waals surface area contributed by atoms with E-state index in [4.69, 9.17) is 0 Å². The Kier molecular flexibility index (Phi) is 6.18. The lowest BCUT2D eigenvalue weighted by Gasteiger charge is -2.32. The molecule has 0 unspecified atom stereocenters. The van der Waals surface area contributed by atoms with Crippen molar-refractivity contribution in [2.45, 2.75) is 45.3 Å². The van der Waals surface area contributed by atoms with Crippen molar-refractivity contribution in [1.82, 2.24) is 29.8 Å². The molecule has 164 valence electrons. The van der Waals surface area contributed by atoms with Gasteiger partial charge in [-0.15, -0.1) is 0 Å². The van der Waals surface area contributed by atoms with Crippen molar-refractivity contribution in [2.24, 2.45) is 7.05 Å². The summed E-state index contributed by atoms with van der Waals surface area (Å²) >= 11 is 0.